The third-order valence-electron chi connectivity index (χ3n) is 10.1. The van der Waals surface area contributed by atoms with Gasteiger partial charge in [-0.3, -0.25) is 14.5 Å². The van der Waals surface area contributed by atoms with Gasteiger partial charge >= 0.3 is 12.1 Å². The molecule has 4 N–H and O–H groups in total. The number of esters is 1. The predicted molar refractivity (Wildman–Crippen MR) is 184 cm³/mol. The number of nitrogens with zero attached hydrogens (tertiary/aromatic N) is 2. The van der Waals surface area contributed by atoms with Crippen molar-refractivity contribution >= 4 is 18.0 Å². The monoisotopic (exact) mass is 705 g/mol. The minimum atomic E-state index is -0.924. The number of phenolic OH excluding ortho intramolecular Hbond substituents is 1. The van der Waals surface area contributed by atoms with Gasteiger partial charge in [0.05, 0.1) is 25.3 Å². The first-order valence-corrected chi connectivity index (χ1v) is 17.3. The minimum absolute atomic E-state index is 0.00754. The maximum absolute atomic E-state index is 13.9. The van der Waals surface area contributed by atoms with Gasteiger partial charge in [-0.25, -0.2) is 4.79 Å². The lowest BCUT2D eigenvalue weighted by Crippen LogP contribution is -2.68. The molecule has 2 aromatic rings. The molecule has 4 heterocycles. The van der Waals surface area contributed by atoms with E-state index in [2.05, 4.69) is 26.9 Å². The summed E-state index contributed by atoms with van der Waals surface area (Å²) in [7, 11) is 1.51. The number of nitrogens with one attached hydrogen (secondary N) is 3. The first-order chi connectivity index (χ1) is 24.1. The number of fused-ring (bicyclic) bond motifs is 9. The number of hydrogen-bond donors (Lipinski definition) is 4. The lowest BCUT2D eigenvalue weighted by atomic mass is 9.72. The van der Waals surface area contributed by atoms with Crippen LogP contribution in [0.15, 0.2) is 6.07 Å². The highest BCUT2D eigenvalue weighted by Gasteiger charge is 2.54. The van der Waals surface area contributed by atoms with E-state index >= 15 is 0 Å². The van der Waals surface area contributed by atoms with E-state index in [0.29, 0.717) is 58.1 Å². The number of benzene rings is 2. The predicted octanol–water partition coefficient (Wildman–Crippen LogP) is 3.77. The van der Waals surface area contributed by atoms with E-state index in [4.69, 9.17) is 23.7 Å². The Hall–Kier alpha value is -4.74. The van der Waals surface area contributed by atoms with Gasteiger partial charge in [-0.2, -0.15) is 5.26 Å². The molecular weight excluding hydrogens is 658 g/mol. The van der Waals surface area contributed by atoms with Crippen LogP contribution >= 0.6 is 0 Å². The Morgan fingerprint density at radius 1 is 1.14 bits per heavy atom. The fourth-order valence-corrected chi connectivity index (χ4v) is 8.17. The van der Waals surface area contributed by atoms with Crippen molar-refractivity contribution in [2.24, 2.45) is 5.92 Å². The molecule has 0 radical (unpaired) electrons. The van der Waals surface area contributed by atoms with Crippen LogP contribution in [-0.2, 0) is 27.2 Å². The number of hydrogen-bond acceptors (Lipinski definition) is 12. The Balaban J connectivity index is 1.48. The van der Waals surface area contributed by atoms with Crippen LogP contribution in [0.2, 0.25) is 0 Å². The number of methoxy groups -OCH3 is 1. The second kappa shape index (κ2) is 13.4. The summed E-state index contributed by atoms with van der Waals surface area (Å²) in [6.07, 6.45) is 0.0663. The van der Waals surface area contributed by atoms with E-state index in [0.717, 1.165) is 11.1 Å². The Kier molecular flexibility index (Phi) is 9.49. The molecule has 6 rings (SSSR count). The largest absolute Gasteiger partial charge is 0.504 e. The van der Waals surface area contributed by atoms with Gasteiger partial charge in [-0.1, -0.05) is 19.9 Å². The second-order valence-corrected chi connectivity index (χ2v) is 15.0. The van der Waals surface area contributed by atoms with Crippen LogP contribution in [0.3, 0.4) is 0 Å². The number of aromatic hydroxyl groups is 1. The number of piperazine rings is 1. The lowest BCUT2D eigenvalue weighted by Gasteiger charge is -2.56. The quantitative estimate of drug-likeness (QED) is 0.242. The van der Waals surface area contributed by atoms with Crippen LogP contribution in [-0.4, -0.2) is 78.2 Å². The summed E-state index contributed by atoms with van der Waals surface area (Å²) in [4.78, 5) is 41.3. The Morgan fingerprint density at radius 3 is 2.47 bits per heavy atom. The molecule has 0 spiro atoms. The zero-order chi connectivity index (χ0) is 37.1. The van der Waals surface area contributed by atoms with Crippen LogP contribution in [0.1, 0.15) is 87.0 Å². The van der Waals surface area contributed by atoms with Gasteiger partial charge in [0.25, 0.3) is 0 Å². The van der Waals surface area contributed by atoms with Crippen LogP contribution in [0, 0.1) is 31.1 Å². The number of aryl methyl sites for hydroxylation is 1. The van der Waals surface area contributed by atoms with Crippen molar-refractivity contribution < 1.29 is 43.2 Å². The van der Waals surface area contributed by atoms with Crippen LogP contribution in [0.25, 0.3) is 0 Å². The summed E-state index contributed by atoms with van der Waals surface area (Å²) in [6.45, 7) is 13.8. The summed E-state index contributed by atoms with van der Waals surface area (Å²) >= 11 is 0. The fraction of sp³-hybridized carbons (Fsp3) is 0.568. The molecule has 6 atom stereocenters. The molecule has 1 fully saturated rings. The summed E-state index contributed by atoms with van der Waals surface area (Å²) in [5.74, 6) is 0.394. The molecular formula is C37H47N5O9. The van der Waals surface area contributed by atoms with E-state index in [-0.39, 0.29) is 31.0 Å². The Bertz CT molecular complexity index is 1810. The molecule has 0 aromatic heterocycles. The standard InChI is InChI=1S/C37H47N5O9/c1-16(2)28(41-36(46)51-37(6,7)8)35(45)39-14-25-27-21(32(50-19(5)43)18(4)33-34(27)49-15-48-33)12-23-29-26-20(10-17(3)31(47-9)30(26)44)11-22(40-29)24(13-38)42(23)25/h10,16,22-25,28-29,40,44H,11-12,14-15H2,1-9H3,(H,39,45)(H,41,46)/t22-,23?,24+,25+,28+,29-/m1/s1. The third kappa shape index (κ3) is 6.38. The van der Waals surface area contributed by atoms with Crippen molar-refractivity contribution in [1.82, 2.24) is 20.9 Å². The Labute approximate surface area is 297 Å². The van der Waals surface area contributed by atoms with Crippen molar-refractivity contribution in [2.45, 2.75) is 110 Å². The molecule has 0 saturated carbocycles. The van der Waals surface area contributed by atoms with Crippen LogP contribution < -0.4 is 34.9 Å². The zero-order valence-corrected chi connectivity index (χ0v) is 30.6. The first kappa shape index (κ1) is 36.1. The summed E-state index contributed by atoms with van der Waals surface area (Å²) < 4.78 is 28.9. The zero-order valence-electron chi connectivity index (χ0n) is 30.6. The molecule has 1 saturated heterocycles. The molecule has 1 unspecified atom stereocenters. The fourth-order valence-electron chi connectivity index (χ4n) is 8.17. The topological polar surface area (TPSA) is 181 Å². The van der Waals surface area contributed by atoms with Crippen LogP contribution in [0.4, 0.5) is 4.79 Å². The van der Waals surface area contributed by atoms with Gasteiger partial charge in [0.2, 0.25) is 12.7 Å². The molecule has 51 heavy (non-hydrogen) atoms. The average molecular weight is 706 g/mol. The summed E-state index contributed by atoms with van der Waals surface area (Å²) in [6, 6.07) is 1.04. The molecule has 2 amide bonds. The first-order valence-electron chi connectivity index (χ1n) is 17.3. The molecule has 4 aliphatic heterocycles. The molecule has 4 aliphatic rings. The molecule has 14 heteroatoms. The van der Waals surface area contributed by atoms with Crippen molar-refractivity contribution in [3.63, 3.8) is 0 Å². The smallest absolute Gasteiger partial charge is 0.408 e. The second-order valence-electron chi connectivity index (χ2n) is 15.0. The highest BCUT2D eigenvalue weighted by atomic mass is 16.7. The van der Waals surface area contributed by atoms with Crippen molar-refractivity contribution in [1.29, 1.82) is 5.26 Å². The highest BCUT2D eigenvalue weighted by molar-refractivity contribution is 5.86. The van der Waals surface area contributed by atoms with Crippen molar-refractivity contribution in [3.05, 3.63) is 39.4 Å². The number of ether oxygens (including phenoxy) is 5. The molecule has 2 aromatic carbocycles. The van der Waals surface area contributed by atoms with Gasteiger partial charge in [-0.05, 0) is 64.5 Å². The van der Waals surface area contributed by atoms with Crippen molar-refractivity contribution in [3.8, 4) is 34.8 Å². The molecule has 0 aliphatic carbocycles. The molecule has 2 bridgehead atoms. The maximum Gasteiger partial charge on any atom is 0.408 e. The van der Waals surface area contributed by atoms with E-state index in [9.17, 15) is 24.8 Å². The number of carbonyl (C=O) groups excluding carboxylic acids is 3. The van der Waals surface area contributed by atoms with Gasteiger partial charge in [0, 0.05) is 47.8 Å². The molecule has 274 valence electrons. The van der Waals surface area contributed by atoms with Gasteiger partial charge in [-0.15, -0.1) is 0 Å². The minimum Gasteiger partial charge on any atom is -0.504 e. The van der Waals surface area contributed by atoms with Crippen LogP contribution in [0.5, 0.6) is 28.7 Å². The van der Waals surface area contributed by atoms with Gasteiger partial charge in [0.15, 0.2) is 23.0 Å². The average Bonchev–Trinajstić information content (AvgIpc) is 3.53. The van der Waals surface area contributed by atoms with E-state index in [1.807, 2.05) is 26.8 Å². The number of phenols is 1. The Morgan fingerprint density at radius 2 is 1.84 bits per heavy atom. The van der Waals surface area contributed by atoms with E-state index in [1.165, 1.54) is 14.0 Å². The third-order valence-corrected chi connectivity index (χ3v) is 10.1. The van der Waals surface area contributed by atoms with Gasteiger partial charge in [0.1, 0.15) is 23.4 Å². The van der Waals surface area contributed by atoms with Gasteiger partial charge < -0.3 is 44.7 Å². The normalized spacial score (nSPS) is 23.6. The maximum atomic E-state index is 13.9. The summed E-state index contributed by atoms with van der Waals surface area (Å²) in [5.41, 5.74) is 3.55. The number of amides is 2. The number of alkyl carbamates (subject to hydrolysis) is 1. The van der Waals surface area contributed by atoms with E-state index < -0.39 is 53.8 Å². The number of nitriles is 1. The number of rotatable bonds is 7. The van der Waals surface area contributed by atoms with E-state index in [1.54, 1.807) is 27.7 Å². The molecule has 14 nitrogen and oxygen atoms in total. The lowest BCUT2D eigenvalue weighted by molar-refractivity contribution is -0.132. The highest BCUT2D eigenvalue weighted by Crippen LogP contribution is 2.56. The van der Waals surface area contributed by atoms with Crippen molar-refractivity contribution in [2.75, 3.05) is 20.4 Å². The summed E-state index contributed by atoms with van der Waals surface area (Å²) in [5, 5.41) is 31.8. The SMILES string of the molecule is COc1c(C)cc2c(c1O)[C@@H]1N[C@H](C2)[C@H](C#N)N2C1Cc1c(OC(C)=O)c(C)c3c(c1[C@@H]2CNC(=O)[C@@H](NC(=O)OC(C)(C)C)C(C)C)OCO3. The number of carbonyl (C=O) groups is 3.